The Morgan fingerprint density at radius 1 is 1.29 bits per heavy atom. The first-order chi connectivity index (χ1) is 10.3. The number of rotatable bonds is 5. The summed E-state index contributed by atoms with van der Waals surface area (Å²) in [5.74, 6) is 1.76. The van der Waals surface area contributed by atoms with Crippen LogP contribution >= 0.6 is 0 Å². The first-order valence-electron chi connectivity index (χ1n) is 7.83. The molecule has 0 aliphatic carbocycles. The van der Waals surface area contributed by atoms with E-state index < -0.39 is 0 Å². The molecule has 0 bridgehead atoms. The predicted octanol–water partition coefficient (Wildman–Crippen LogP) is 2.51. The van der Waals surface area contributed by atoms with E-state index in [9.17, 15) is 0 Å². The maximum atomic E-state index is 5.41. The van der Waals surface area contributed by atoms with Crippen molar-refractivity contribution < 1.29 is 4.74 Å². The number of aliphatic imine (C=N–C) groups is 1. The van der Waals surface area contributed by atoms with Gasteiger partial charge in [0.2, 0.25) is 0 Å². The lowest BCUT2D eigenvalue weighted by Crippen LogP contribution is -2.39. The third-order valence-corrected chi connectivity index (χ3v) is 4.08. The van der Waals surface area contributed by atoms with Crippen LogP contribution in [-0.4, -0.2) is 44.7 Å². The molecule has 4 nitrogen and oxygen atoms in total. The first kappa shape index (κ1) is 15.8. The third-order valence-electron chi connectivity index (χ3n) is 4.08. The predicted molar refractivity (Wildman–Crippen MR) is 87.4 cm³/mol. The van der Waals surface area contributed by atoms with Crippen LogP contribution in [0.25, 0.3) is 0 Å². The summed E-state index contributed by atoms with van der Waals surface area (Å²) in [6.07, 6.45) is 3.61. The summed E-state index contributed by atoms with van der Waals surface area (Å²) in [5.41, 5.74) is 1.27. The van der Waals surface area contributed by atoms with E-state index in [1.54, 1.807) is 0 Å². The molecule has 0 unspecified atom stereocenters. The Bertz CT molecular complexity index is 427. The second-order valence-electron chi connectivity index (χ2n) is 5.65. The van der Waals surface area contributed by atoms with E-state index in [1.807, 2.05) is 13.1 Å². The number of ether oxygens (including phenoxy) is 1. The minimum atomic E-state index is 0.799. The van der Waals surface area contributed by atoms with Crippen LogP contribution in [0.15, 0.2) is 35.3 Å². The normalized spacial score (nSPS) is 16.8. The summed E-state index contributed by atoms with van der Waals surface area (Å²) in [4.78, 5) is 6.59. The summed E-state index contributed by atoms with van der Waals surface area (Å²) >= 11 is 0. The molecule has 116 valence electrons. The largest absolute Gasteiger partial charge is 0.381 e. The maximum absolute atomic E-state index is 5.41. The smallest absolute Gasteiger partial charge is 0.193 e. The van der Waals surface area contributed by atoms with E-state index in [4.69, 9.17) is 4.74 Å². The van der Waals surface area contributed by atoms with Gasteiger partial charge in [-0.2, -0.15) is 0 Å². The van der Waals surface area contributed by atoms with Gasteiger partial charge in [-0.25, -0.2) is 0 Å². The zero-order valence-corrected chi connectivity index (χ0v) is 13.2. The standard InChI is InChI=1S/C17H27N3O/c1-18-17(19-14-16-6-4-3-5-7-16)20(2)11-8-15-9-12-21-13-10-15/h3-7,15H,8-14H2,1-2H3,(H,18,19). The van der Waals surface area contributed by atoms with Crippen molar-refractivity contribution in [2.75, 3.05) is 33.9 Å². The lowest BCUT2D eigenvalue weighted by atomic mass is 9.96. The molecular weight excluding hydrogens is 262 g/mol. The number of hydrogen-bond donors (Lipinski definition) is 1. The van der Waals surface area contributed by atoms with Crippen molar-refractivity contribution in [2.24, 2.45) is 10.9 Å². The fraction of sp³-hybridized carbons (Fsp3) is 0.588. The van der Waals surface area contributed by atoms with Crippen molar-refractivity contribution in [3.8, 4) is 0 Å². The Labute approximate surface area is 128 Å². The maximum Gasteiger partial charge on any atom is 0.193 e. The zero-order valence-electron chi connectivity index (χ0n) is 13.2. The third kappa shape index (κ3) is 5.38. The molecule has 1 aliphatic heterocycles. The molecule has 1 aliphatic rings. The number of guanidine groups is 1. The molecular formula is C17H27N3O. The average molecular weight is 289 g/mol. The van der Waals surface area contributed by atoms with E-state index in [0.717, 1.165) is 38.2 Å². The summed E-state index contributed by atoms with van der Waals surface area (Å²) in [6.45, 7) is 3.71. The van der Waals surface area contributed by atoms with Crippen LogP contribution in [-0.2, 0) is 11.3 Å². The summed E-state index contributed by atoms with van der Waals surface area (Å²) < 4.78 is 5.41. The van der Waals surface area contributed by atoms with Gasteiger partial charge in [0.25, 0.3) is 0 Å². The van der Waals surface area contributed by atoms with Gasteiger partial charge in [0.15, 0.2) is 5.96 Å². The number of benzene rings is 1. The molecule has 1 saturated heterocycles. The van der Waals surface area contributed by atoms with Gasteiger partial charge >= 0.3 is 0 Å². The molecule has 0 saturated carbocycles. The minimum Gasteiger partial charge on any atom is -0.381 e. The van der Waals surface area contributed by atoms with E-state index >= 15 is 0 Å². The average Bonchev–Trinajstić information content (AvgIpc) is 2.55. The lowest BCUT2D eigenvalue weighted by molar-refractivity contribution is 0.0625. The Hall–Kier alpha value is -1.55. The van der Waals surface area contributed by atoms with Gasteiger partial charge in [-0.3, -0.25) is 4.99 Å². The van der Waals surface area contributed by atoms with Gasteiger partial charge in [0, 0.05) is 40.4 Å². The van der Waals surface area contributed by atoms with Gasteiger partial charge in [0.05, 0.1) is 0 Å². The van der Waals surface area contributed by atoms with Crippen LogP contribution < -0.4 is 5.32 Å². The molecule has 2 rings (SSSR count). The van der Waals surface area contributed by atoms with Gasteiger partial charge in [-0.15, -0.1) is 0 Å². The van der Waals surface area contributed by atoms with E-state index in [0.29, 0.717) is 0 Å². The molecule has 0 radical (unpaired) electrons. The van der Waals surface area contributed by atoms with Crippen LogP contribution in [0.3, 0.4) is 0 Å². The van der Waals surface area contributed by atoms with Crippen molar-refractivity contribution in [3.63, 3.8) is 0 Å². The van der Waals surface area contributed by atoms with E-state index in [-0.39, 0.29) is 0 Å². The molecule has 0 atom stereocenters. The van der Waals surface area contributed by atoms with Gasteiger partial charge in [-0.1, -0.05) is 30.3 Å². The summed E-state index contributed by atoms with van der Waals surface area (Å²) in [6, 6.07) is 10.4. The van der Waals surface area contributed by atoms with Crippen molar-refractivity contribution in [1.29, 1.82) is 0 Å². The molecule has 0 spiro atoms. The van der Waals surface area contributed by atoms with Crippen molar-refractivity contribution in [2.45, 2.75) is 25.8 Å². The fourth-order valence-electron chi connectivity index (χ4n) is 2.68. The molecule has 4 heteroatoms. The van der Waals surface area contributed by atoms with Crippen molar-refractivity contribution in [1.82, 2.24) is 10.2 Å². The first-order valence-corrected chi connectivity index (χ1v) is 7.83. The highest BCUT2D eigenvalue weighted by Crippen LogP contribution is 2.18. The molecule has 21 heavy (non-hydrogen) atoms. The number of nitrogens with zero attached hydrogens (tertiary/aromatic N) is 2. The molecule has 1 aromatic carbocycles. The Morgan fingerprint density at radius 3 is 2.67 bits per heavy atom. The van der Waals surface area contributed by atoms with Crippen LogP contribution in [0.1, 0.15) is 24.8 Å². The Kier molecular flexibility index (Phi) is 6.54. The van der Waals surface area contributed by atoms with Crippen LogP contribution in [0.5, 0.6) is 0 Å². The molecule has 0 aromatic heterocycles. The van der Waals surface area contributed by atoms with Crippen molar-refractivity contribution >= 4 is 5.96 Å². The van der Waals surface area contributed by atoms with Gasteiger partial charge in [0.1, 0.15) is 0 Å². The van der Waals surface area contributed by atoms with Gasteiger partial charge in [-0.05, 0) is 30.7 Å². The Morgan fingerprint density at radius 2 is 2.00 bits per heavy atom. The highest BCUT2D eigenvalue weighted by Gasteiger charge is 2.15. The van der Waals surface area contributed by atoms with E-state index in [1.165, 1.54) is 24.8 Å². The summed E-state index contributed by atoms with van der Waals surface area (Å²) in [7, 11) is 3.96. The number of nitrogens with one attached hydrogen (secondary N) is 1. The van der Waals surface area contributed by atoms with Crippen LogP contribution in [0.4, 0.5) is 0 Å². The minimum absolute atomic E-state index is 0.799. The Balaban J connectivity index is 1.74. The number of hydrogen-bond acceptors (Lipinski definition) is 2. The quantitative estimate of drug-likeness (QED) is 0.668. The highest BCUT2D eigenvalue weighted by molar-refractivity contribution is 5.79. The van der Waals surface area contributed by atoms with Gasteiger partial charge < -0.3 is 15.0 Å². The fourth-order valence-corrected chi connectivity index (χ4v) is 2.68. The molecule has 1 aromatic rings. The molecule has 1 fully saturated rings. The SMILES string of the molecule is CN=C(NCc1ccccc1)N(C)CCC1CCOCC1. The molecule has 1 N–H and O–H groups in total. The second kappa shape index (κ2) is 8.67. The highest BCUT2D eigenvalue weighted by atomic mass is 16.5. The van der Waals surface area contributed by atoms with Crippen LogP contribution in [0, 0.1) is 5.92 Å². The van der Waals surface area contributed by atoms with Crippen LogP contribution in [0.2, 0.25) is 0 Å². The van der Waals surface area contributed by atoms with Crippen molar-refractivity contribution in [3.05, 3.63) is 35.9 Å². The molecule has 0 amide bonds. The molecule has 1 heterocycles. The monoisotopic (exact) mass is 289 g/mol. The summed E-state index contributed by atoms with van der Waals surface area (Å²) in [5, 5.41) is 3.42. The van der Waals surface area contributed by atoms with E-state index in [2.05, 4.69) is 46.5 Å². The second-order valence-corrected chi connectivity index (χ2v) is 5.65. The lowest BCUT2D eigenvalue weighted by Gasteiger charge is -2.26. The zero-order chi connectivity index (χ0) is 14.9. The topological polar surface area (TPSA) is 36.9 Å².